The van der Waals surface area contributed by atoms with Gasteiger partial charge in [0, 0.05) is 6.07 Å². The molecule has 2 aromatic rings. The fourth-order valence-corrected chi connectivity index (χ4v) is 1.83. The van der Waals surface area contributed by atoms with Gasteiger partial charge in [-0.2, -0.15) is 0 Å². The van der Waals surface area contributed by atoms with Crippen LogP contribution >= 0.6 is 11.6 Å². The summed E-state index contributed by atoms with van der Waals surface area (Å²) in [5, 5.41) is 0.570. The van der Waals surface area contributed by atoms with Crippen LogP contribution in [0.25, 0.3) is 0 Å². The van der Waals surface area contributed by atoms with Crippen molar-refractivity contribution in [2.24, 2.45) is 0 Å². The highest BCUT2D eigenvalue weighted by Gasteiger charge is 2.06. The van der Waals surface area contributed by atoms with Crippen LogP contribution in [0.4, 0.5) is 5.69 Å². The van der Waals surface area contributed by atoms with E-state index in [1.54, 1.807) is 18.2 Å². The first kappa shape index (κ1) is 13.6. The van der Waals surface area contributed by atoms with Gasteiger partial charge in [-0.1, -0.05) is 17.7 Å². The highest BCUT2D eigenvalue weighted by Crippen LogP contribution is 2.33. The molecule has 2 aromatic carbocycles. The van der Waals surface area contributed by atoms with Crippen molar-refractivity contribution < 1.29 is 9.47 Å². The Morgan fingerprint density at radius 1 is 1.11 bits per heavy atom. The van der Waals surface area contributed by atoms with Crippen molar-refractivity contribution in [1.29, 1.82) is 0 Å². The van der Waals surface area contributed by atoms with E-state index in [0.717, 1.165) is 5.56 Å². The summed E-state index contributed by atoms with van der Waals surface area (Å²) in [6.45, 7) is 4.45. The lowest BCUT2D eigenvalue weighted by atomic mass is 10.2. The Kier molecular flexibility index (Phi) is 4.17. The molecular weight excluding hydrogens is 262 g/mol. The maximum Gasteiger partial charge on any atom is 0.146 e. The molecule has 100 valence electrons. The highest BCUT2D eigenvalue weighted by atomic mass is 35.5. The molecule has 0 bridgehead atoms. The third-order valence-electron chi connectivity index (χ3n) is 2.60. The third-order valence-corrected chi connectivity index (χ3v) is 2.91. The maximum absolute atomic E-state index is 6.10. The largest absolute Gasteiger partial charge is 0.492 e. The van der Waals surface area contributed by atoms with Gasteiger partial charge in [-0.15, -0.1) is 0 Å². The van der Waals surface area contributed by atoms with Crippen molar-refractivity contribution in [1.82, 2.24) is 0 Å². The molecule has 0 aromatic heterocycles. The smallest absolute Gasteiger partial charge is 0.146 e. The average Bonchev–Trinajstić information content (AvgIpc) is 2.38. The molecule has 0 aliphatic rings. The van der Waals surface area contributed by atoms with Crippen molar-refractivity contribution in [3.8, 4) is 17.2 Å². The third kappa shape index (κ3) is 3.32. The Bertz CT molecular complexity index is 584. The minimum atomic E-state index is 0.554. The minimum absolute atomic E-state index is 0.554. The van der Waals surface area contributed by atoms with E-state index in [-0.39, 0.29) is 0 Å². The number of hydrogen-bond acceptors (Lipinski definition) is 3. The molecule has 0 spiro atoms. The average molecular weight is 278 g/mol. The number of rotatable bonds is 4. The van der Waals surface area contributed by atoms with Crippen LogP contribution in [0, 0.1) is 6.92 Å². The Morgan fingerprint density at radius 2 is 1.89 bits per heavy atom. The van der Waals surface area contributed by atoms with Crippen LogP contribution in [0.1, 0.15) is 12.5 Å². The van der Waals surface area contributed by atoms with Gasteiger partial charge < -0.3 is 15.2 Å². The lowest BCUT2D eigenvalue weighted by Gasteiger charge is -2.11. The van der Waals surface area contributed by atoms with Gasteiger partial charge >= 0.3 is 0 Å². The zero-order valence-electron chi connectivity index (χ0n) is 10.9. The standard InChI is InChI=1S/C15H16ClNO2/c1-3-18-15-9-11(5-7-13(15)17)19-14-8-10(2)4-6-12(14)16/h4-9H,3,17H2,1-2H3. The highest BCUT2D eigenvalue weighted by molar-refractivity contribution is 6.32. The molecule has 0 saturated heterocycles. The van der Waals surface area contributed by atoms with Crippen LogP contribution in [0.2, 0.25) is 5.02 Å². The topological polar surface area (TPSA) is 44.5 Å². The maximum atomic E-state index is 6.10. The number of halogens is 1. The number of benzene rings is 2. The van der Waals surface area contributed by atoms with Gasteiger partial charge in [0.2, 0.25) is 0 Å². The summed E-state index contributed by atoms with van der Waals surface area (Å²) in [6, 6.07) is 10.9. The Balaban J connectivity index is 2.28. The van der Waals surface area contributed by atoms with E-state index >= 15 is 0 Å². The number of hydrogen-bond donors (Lipinski definition) is 1. The first-order valence-electron chi connectivity index (χ1n) is 6.06. The number of nitrogen functional groups attached to an aromatic ring is 1. The molecular formula is C15H16ClNO2. The Labute approximate surface area is 117 Å². The van der Waals surface area contributed by atoms with Crippen molar-refractivity contribution in [3.05, 3.63) is 47.0 Å². The van der Waals surface area contributed by atoms with Crippen LogP contribution in [0.3, 0.4) is 0 Å². The molecule has 0 heterocycles. The Morgan fingerprint density at radius 3 is 2.63 bits per heavy atom. The fraction of sp³-hybridized carbons (Fsp3) is 0.200. The molecule has 0 unspecified atom stereocenters. The molecule has 0 saturated carbocycles. The number of ether oxygens (including phenoxy) is 2. The zero-order valence-corrected chi connectivity index (χ0v) is 11.7. The monoisotopic (exact) mass is 277 g/mol. The predicted molar refractivity (Wildman–Crippen MR) is 78.3 cm³/mol. The molecule has 0 atom stereocenters. The van der Waals surface area contributed by atoms with Crippen LogP contribution in [-0.2, 0) is 0 Å². The van der Waals surface area contributed by atoms with Crippen LogP contribution < -0.4 is 15.2 Å². The molecule has 3 nitrogen and oxygen atoms in total. The van der Waals surface area contributed by atoms with Crippen LogP contribution in [0.15, 0.2) is 36.4 Å². The molecule has 0 aliphatic heterocycles. The molecule has 0 radical (unpaired) electrons. The van der Waals surface area contributed by atoms with E-state index in [2.05, 4.69) is 0 Å². The molecule has 2 rings (SSSR count). The number of aryl methyl sites for hydroxylation is 1. The summed E-state index contributed by atoms with van der Waals surface area (Å²) < 4.78 is 11.2. The van der Waals surface area contributed by atoms with Gasteiger partial charge in [-0.3, -0.25) is 0 Å². The van der Waals surface area contributed by atoms with E-state index in [0.29, 0.717) is 34.6 Å². The lowest BCUT2D eigenvalue weighted by Crippen LogP contribution is -1.97. The molecule has 2 N–H and O–H groups in total. The lowest BCUT2D eigenvalue weighted by molar-refractivity contribution is 0.340. The summed E-state index contributed by atoms with van der Waals surface area (Å²) in [6.07, 6.45) is 0. The van der Waals surface area contributed by atoms with Gasteiger partial charge in [0.1, 0.15) is 17.2 Å². The summed E-state index contributed by atoms with van der Waals surface area (Å²) in [4.78, 5) is 0. The van der Waals surface area contributed by atoms with Crippen molar-refractivity contribution >= 4 is 17.3 Å². The van der Waals surface area contributed by atoms with Crippen molar-refractivity contribution in [2.45, 2.75) is 13.8 Å². The summed E-state index contributed by atoms with van der Waals surface area (Å²) in [5.41, 5.74) is 7.49. The van der Waals surface area contributed by atoms with Gasteiger partial charge in [0.25, 0.3) is 0 Å². The van der Waals surface area contributed by atoms with Gasteiger partial charge in [0.05, 0.1) is 17.3 Å². The van der Waals surface area contributed by atoms with Gasteiger partial charge in [0.15, 0.2) is 0 Å². The Hall–Kier alpha value is -1.87. The zero-order chi connectivity index (χ0) is 13.8. The second-order valence-electron chi connectivity index (χ2n) is 4.17. The van der Waals surface area contributed by atoms with Crippen LogP contribution in [0.5, 0.6) is 17.2 Å². The van der Waals surface area contributed by atoms with E-state index in [1.165, 1.54) is 0 Å². The normalized spacial score (nSPS) is 10.3. The summed E-state index contributed by atoms with van der Waals surface area (Å²) >= 11 is 6.10. The molecule has 0 fully saturated rings. The van der Waals surface area contributed by atoms with E-state index in [4.69, 9.17) is 26.8 Å². The second-order valence-corrected chi connectivity index (χ2v) is 4.58. The second kappa shape index (κ2) is 5.85. The van der Waals surface area contributed by atoms with Crippen LogP contribution in [-0.4, -0.2) is 6.61 Å². The van der Waals surface area contributed by atoms with Gasteiger partial charge in [-0.25, -0.2) is 0 Å². The predicted octanol–water partition coefficient (Wildman–Crippen LogP) is 4.42. The SMILES string of the molecule is CCOc1cc(Oc2cc(C)ccc2Cl)ccc1N. The van der Waals surface area contributed by atoms with E-state index in [1.807, 2.05) is 32.0 Å². The molecule has 4 heteroatoms. The number of anilines is 1. The fourth-order valence-electron chi connectivity index (χ4n) is 1.67. The quantitative estimate of drug-likeness (QED) is 0.841. The first-order valence-corrected chi connectivity index (χ1v) is 6.44. The molecule has 0 aliphatic carbocycles. The summed E-state index contributed by atoms with van der Waals surface area (Å²) in [7, 11) is 0. The van der Waals surface area contributed by atoms with E-state index < -0.39 is 0 Å². The number of nitrogens with two attached hydrogens (primary N) is 1. The van der Waals surface area contributed by atoms with Crippen molar-refractivity contribution in [2.75, 3.05) is 12.3 Å². The summed E-state index contributed by atoms with van der Waals surface area (Å²) in [5.74, 6) is 1.88. The minimum Gasteiger partial charge on any atom is -0.492 e. The van der Waals surface area contributed by atoms with Crippen molar-refractivity contribution in [3.63, 3.8) is 0 Å². The molecule has 0 amide bonds. The van der Waals surface area contributed by atoms with E-state index in [9.17, 15) is 0 Å². The first-order chi connectivity index (χ1) is 9.10. The van der Waals surface area contributed by atoms with Gasteiger partial charge in [-0.05, 0) is 43.7 Å². The molecule has 19 heavy (non-hydrogen) atoms.